The van der Waals surface area contributed by atoms with E-state index >= 15 is 0 Å². The van der Waals surface area contributed by atoms with Gasteiger partial charge in [-0.15, -0.1) is 0 Å². The first-order chi connectivity index (χ1) is 17.0. The molecule has 0 saturated carbocycles. The number of rotatable bonds is 4. The van der Waals surface area contributed by atoms with Crippen LogP contribution in [0.2, 0.25) is 0 Å². The Morgan fingerprint density at radius 2 is 2.03 bits per heavy atom. The molecule has 2 N–H and O–H groups in total. The van der Waals surface area contributed by atoms with Crippen molar-refractivity contribution in [2.45, 2.75) is 44.8 Å². The lowest BCUT2D eigenvalue weighted by Gasteiger charge is -2.47. The molecule has 1 amide bonds. The van der Waals surface area contributed by atoms with Crippen molar-refractivity contribution in [2.75, 3.05) is 30.0 Å². The number of halogens is 2. The van der Waals surface area contributed by atoms with Crippen molar-refractivity contribution in [1.29, 1.82) is 0 Å². The second-order valence-electron chi connectivity index (χ2n) is 9.93. The summed E-state index contributed by atoms with van der Waals surface area (Å²) in [5.41, 5.74) is 4.07. The Kier molecular flexibility index (Phi) is 6.04. The Morgan fingerprint density at radius 1 is 1.22 bits per heavy atom. The van der Waals surface area contributed by atoms with Gasteiger partial charge in [0.2, 0.25) is 0 Å². The molecule has 1 saturated heterocycles. The van der Waals surface area contributed by atoms with E-state index < -0.39 is 23.1 Å². The van der Waals surface area contributed by atoms with Crippen LogP contribution in [0.4, 0.5) is 20.2 Å². The number of nitrogens with zero attached hydrogens (tertiary/aromatic N) is 2. The molecule has 36 heavy (non-hydrogen) atoms. The minimum Gasteiger partial charge on any atom is -0.385 e. The van der Waals surface area contributed by atoms with Gasteiger partial charge in [0.15, 0.2) is 0 Å². The van der Waals surface area contributed by atoms with Crippen LogP contribution in [0.3, 0.4) is 0 Å². The minimum atomic E-state index is -3.14. The van der Waals surface area contributed by atoms with E-state index in [0.717, 1.165) is 47.5 Å². The predicted molar refractivity (Wildman–Crippen MR) is 135 cm³/mol. The maximum absolute atomic E-state index is 13.7. The van der Waals surface area contributed by atoms with Crippen LogP contribution < -0.4 is 10.2 Å². The average Bonchev–Trinajstić information content (AvgIpc) is 2.84. The molecule has 0 aliphatic carbocycles. The monoisotopic (exact) mass is 493 g/mol. The number of aryl methyl sites for hydroxylation is 1. The fraction of sp³-hybridized carbons (Fsp3) is 0.357. The Bertz CT molecular complexity index is 1320. The van der Waals surface area contributed by atoms with Crippen molar-refractivity contribution in [3.8, 4) is 11.1 Å². The third kappa shape index (κ3) is 4.58. The summed E-state index contributed by atoms with van der Waals surface area (Å²) in [5.74, 6) is -3.63. The summed E-state index contributed by atoms with van der Waals surface area (Å²) in [5, 5.41) is 13.9. The number of morpholine rings is 1. The Morgan fingerprint density at radius 3 is 2.81 bits per heavy atom. The van der Waals surface area contributed by atoms with Crippen molar-refractivity contribution in [1.82, 2.24) is 4.98 Å². The van der Waals surface area contributed by atoms with Crippen LogP contribution in [0.15, 0.2) is 54.7 Å². The van der Waals surface area contributed by atoms with Crippen LogP contribution in [0, 0.1) is 6.92 Å². The molecule has 0 radical (unpaired) electrons. The van der Waals surface area contributed by atoms with Crippen LogP contribution in [0.5, 0.6) is 0 Å². The van der Waals surface area contributed by atoms with Gasteiger partial charge < -0.3 is 20.1 Å². The van der Waals surface area contributed by atoms with Gasteiger partial charge in [0.1, 0.15) is 5.69 Å². The summed E-state index contributed by atoms with van der Waals surface area (Å²) in [4.78, 5) is 18.8. The van der Waals surface area contributed by atoms with Gasteiger partial charge in [-0.3, -0.25) is 9.78 Å². The molecular formula is C28H29F2N3O3. The molecule has 0 spiro atoms. The summed E-state index contributed by atoms with van der Waals surface area (Å²) in [6.45, 7) is 6.58. The minimum absolute atomic E-state index is 0.109. The normalized spacial score (nSPS) is 21.5. The van der Waals surface area contributed by atoms with E-state index in [1.165, 1.54) is 12.3 Å². The topological polar surface area (TPSA) is 74.7 Å². The third-order valence-corrected chi connectivity index (χ3v) is 7.03. The van der Waals surface area contributed by atoms with E-state index in [-0.39, 0.29) is 11.6 Å². The maximum Gasteiger partial charge on any atom is 0.286 e. The second kappa shape index (κ2) is 8.94. The van der Waals surface area contributed by atoms with Crippen LogP contribution in [-0.2, 0) is 16.3 Å². The fourth-order valence-corrected chi connectivity index (χ4v) is 5.13. The maximum atomic E-state index is 13.7. The summed E-state index contributed by atoms with van der Waals surface area (Å²) in [7, 11) is 0. The SMILES string of the molecule is Cc1ccc(NC(=O)c2ccnc(C(C)(F)F)c2)cc1-c1ccc2c(c1)N1CCOC[C@@H]1C[C@]2(C)O. The number of hydrogen-bond acceptors (Lipinski definition) is 5. The zero-order chi connectivity index (χ0) is 25.7. The molecule has 2 aliphatic heterocycles. The molecule has 3 heterocycles. The quantitative estimate of drug-likeness (QED) is 0.520. The summed E-state index contributed by atoms with van der Waals surface area (Å²) in [6.07, 6.45) is 1.82. The van der Waals surface area contributed by atoms with Gasteiger partial charge in [-0.2, -0.15) is 8.78 Å². The van der Waals surface area contributed by atoms with Crippen molar-refractivity contribution in [2.24, 2.45) is 0 Å². The van der Waals surface area contributed by atoms with E-state index in [0.29, 0.717) is 25.3 Å². The van der Waals surface area contributed by atoms with Crippen LogP contribution in [0.25, 0.3) is 11.1 Å². The highest BCUT2D eigenvalue weighted by Crippen LogP contribution is 2.44. The third-order valence-electron chi connectivity index (χ3n) is 7.03. The van der Waals surface area contributed by atoms with Gasteiger partial charge in [-0.25, -0.2) is 0 Å². The molecule has 5 rings (SSSR count). The number of ether oxygens (including phenoxy) is 1. The molecule has 2 aliphatic rings. The molecule has 8 heteroatoms. The lowest BCUT2D eigenvalue weighted by Crippen LogP contribution is -2.52. The van der Waals surface area contributed by atoms with Gasteiger partial charge in [0.25, 0.3) is 11.8 Å². The smallest absolute Gasteiger partial charge is 0.286 e. The largest absolute Gasteiger partial charge is 0.385 e. The standard InChI is InChI=1S/C28H29F2N3O3/c1-17-4-6-20(32-26(34)19-8-9-31-25(13-19)28(3,29)30)14-22(17)18-5-7-23-24(12-18)33-10-11-36-16-21(33)15-27(23,2)35/h4-9,12-14,21,35H,10-11,15-16H2,1-3H3,(H,32,34)/t21-,27-/m0/s1. The van der Waals surface area contributed by atoms with E-state index in [1.54, 1.807) is 6.07 Å². The fourth-order valence-electron chi connectivity index (χ4n) is 5.13. The number of alkyl halides is 2. The Balaban J connectivity index is 1.46. The molecule has 2 aromatic carbocycles. The number of carbonyl (C=O) groups excluding carboxylic acids is 1. The zero-order valence-corrected chi connectivity index (χ0v) is 20.5. The van der Waals surface area contributed by atoms with E-state index in [9.17, 15) is 18.7 Å². The summed E-state index contributed by atoms with van der Waals surface area (Å²) >= 11 is 0. The number of anilines is 2. The van der Waals surface area contributed by atoms with Crippen LogP contribution >= 0.6 is 0 Å². The lowest BCUT2D eigenvalue weighted by molar-refractivity contribution is 0.00420. The van der Waals surface area contributed by atoms with Crippen molar-refractivity contribution >= 4 is 17.3 Å². The van der Waals surface area contributed by atoms with E-state index in [2.05, 4.69) is 21.3 Å². The van der Waals surface area contributed by atoms with Gasteiger partial charge in [-0.05, 0) is 60.9 Å². The summed E-state index contributed by atoms with van der Waals surface area (Å²) in [6, 6.07) is 14.3. The molecule has 3 aromatic rings. The molecule has 1 aromatic heterocycles. The highest BCUT2D eigenvalue weighted by molar-refractivity contribution is 6.04. The van der Waals surface area contributed by atoms with E-state index in [1.807, 2.05) is 38.1 Å². The Hall–Kier alpha value is -3.36. The summed E-state index contributed by atoms with van der Waals surface area (Å²) < 4.78 is 33.0. The Labute approximate surface area is 208 Å². The van der Waals surface area contributed by atoms with Gasteiger partial charge in [0, 0.05) is 48.6 Å². The first-order valence-electron chi connectivity index (χ1n) is 12.0. The van der Waals surface area contributed by atoms with Crippen molar-refractivity contribution in [3.05, 3.63) is 77.1 Å². The number of nitrogens with one attached hydrogen (secondary N) is 1. The number of benzene rings is 2. The molecular weight excluding hydrogens is 464 g/mol. The predicted octanol–water partition coefficient (Wildman–Crippen LogP) is 5.24. The van der Waals surface area contributed by atoms with Crippen molar-refractivity contribution < 1.29 is 23.4 Å². The number of carbonyl (C=O) groups is 1. The number of aromatic nitrogens is 1. The molecule has 2 atom stereocenters. The van der Waals surface area contributed by atoms with Gasteiger partial charge in [-0.1, -0.05) is 18.2 Å². The number of aliphatic hydroxyl groups is 1. The first-order valence-corrected chi connectivity index (χ1v) is 12.0. The average molecular weight is 494 g/mol. The number of hydrogen-bond donors (Lipinski definition) is 2. The van der Waals surface area contributed by atoms with Crippen LogP contribution in [-0.4, -0.2) is 41.8 Å². The molecule has 0 unspecified atom stereocenters. The number of pyridine rings is 1. The van der Waals surface area contributed by atoms with Gasteiger partial charge >= 0.3 is 0 Å². The zero-order valence-electron chi connectivity index (χ0n) is 20.5. The van der Waals surface area contributed by atoms with Gasteiger partial charge in [0.05, 0.1) is 24.9 Å². The number of fused-ring (bicyclic) bond motifs is 3. The number of amides is 1. The highest BCUT2D eigenvalue weighted by Gasteiger charge is 2.40. The highest BCUT2D eigenvalue weighted by atomic mass is 19.3. The molecule has 188 valence electrons. The van der Waals surface area contributed by atoms with Crippen molar-refractivity contribution in [3.63, 3.8) is 0 Å². The van der Waals surface area contributed by atoms with E-state index in [4.69, 9.17) is 4.74 Å². The second-order valence-corrected chi connectivity index (χ2v) is 9.93. The molecule has 1 fully saturated rings. The lowest BCUT2D eigenvalue weighted by atomic mass is 9.81. The van der Waals surface area contributed by atoms with Crippen LogP contribution in [0.1, 0.15) is 47.4 Å². The first kappa shape index (κ1) is 24.3. The molecule has 0 bridgehead atoms. The molecule has 6 nitrogen and oxygen atoms in total.